The summed E-state index contributed by atoms with van der Waals surface area (Å²) in [4.78, 5) is 0. The molecule has 1 atom stereocenters. The van der Waals surface area contributed by atoms with Crippen molar-refractivity contribution >= 4 is 27.7 Å². The summed E-state index contributed by atoms with van der Waals surface area (Å²) in [6, 6.07) is 32.0. The number of benzene rings is 3. The number of allylic oxidation sites excluding steroid dienone is 4. The molecule has 1 nitrogen and oxygen atoms in total. The fourth-order valence-corrected chi connectivity index (χ4v) is 3.46. The third-order valence-corrected chi connectivity index (χ3v) is 4.52. The van der Waals surface area contributed by atoms with Crippen molar-refractivity contribution in [1.29, 1.82) is 0 Å². The summed E-state index contributed by atoms with van der Waals surface area (Å²) in [7, 11) is 0. The number of rotatable bonds is 3. The van der Waals surface area contributed by atoms with E-state index in [1.807, 2.05) is 20.8 Å². The second-order valence-electron chi connectivity index (χ2n) is 8.38. The SMILES string of the molecule is CC(C)(C)[NH-].CC1[C-]=C(c2ccccc2)C(c2ccccc2)=C1c1ccccc1.[CH3-].[CH3-].[SiH4].[Ti+4]. The zero-order valence-electron chi connectivity index (χ0n) is 20.2. The van der Waals surface area contributed by atoms with Crippen molar-refractivity contribution in [3.63, 3.8) is 0 Å². The van der Waals surface area contributed by atoms with Gasteiger partial charge in [0.05, 0.1) is 0 Å². The van der Waals surface area contributed by atoms with E-state index in [-0.39, 0.29) is 59.0 Å². The molecule has 0 bridgehead atoms. The Hall–Kier alpha value is -1.97. The maximum Gasteiger partial charge on any atom is 4.00 e. The van der Waals surface area contributed by atoms with Gasteiger partial charge in [-0.1, -0.05) is 124 Å². The third-order valence-electron chi connectivity index (χ3n) is 4.52. The standard InChI is InChI=1S/C24H19.C4H10N.2CH3.H4Si.Ti/c1-18-17-22(19-11-5-2-6-12-19)24(21-15-9-4-10-16-21)23(18)20-13-7-3-8-14-20;1-4(2,3)5;;;;/h2-16,18H,1H3;5H,1-3H3;2*1H3;1H4;/q4*-1;;+4. The van der Waals surface area contributed by atoms with E-state index in [2.05, 4.69) is 104 Å². The maximum atomic E-state index is 6.94. The first kappa shape index (κ1) is 33.2. The summed E-state index contributed by atoms with van der Waals surface area (Å²) in [6.07, 6.45) is 3.71. The molecular formula is C30H39NSiTi. The zero-order valence-corrected chi connectivity index (χ0v) is 21.8. The van der Waals surface area contributed by atoms with Gasteiger partial charge in [0.2, 0.25) is 0 Å². The molecule has 3 aromatic carbocycles. The van der Waals surface area contributed by atoms with Crippen LogP contribution in [0.1, 0.15) is 44.4 Å². The minimum atomic E-state index is -0.250. The van der Waals surface area contributed by atoms with Crippen LogP contribution in [0.2, 0.25) is 0 Å². The largest absolute Gasteiger partial charge is 4.00 e. The van der Waals surface area contributed by atoms with Gasteiger partial charge in [-0.3, -0.25) is 0 Å². The second kappa shape index (κ2) is 15.0. The molecule has 1 aliphatic carbocycles. The quantitative estimate of drug-likeness (QED) is 0.270. The van der Waals surface area contributed by atoms with E-state index >= 15 is 0 Å². The molecule has 3 heteroatoms. The molecule has 1 unspecified atom stereocenters. The van der Waals surface area contributed by atoms with Crippen LogP contribution in [0.25, 0.3) is 22.5 Å². The van der Waals surface area contributed by atoms with Gasteiger partial charge < -0.3 is 20.6 Å². The average Bonchev–Trinajstić information content (AvgIpc) is 3.06. The summed E-state index contributed by atoms with van der Waals surface area (Å²) < 4.78 is 0. The normalized spacial score (nSPS) is 14.2. The van der Waals surface area contributed by atoms with Crippen LogP contribution < -0.4 is 0 Å². The summed E-state index contributed by atoms with van der Waals surface area (Å²) in [6.45, 7) is 7.80. The zero-order chi connectivity index (χ0) is 20.9. The number of hydrogen-bond donors (Lipinski definition) is 0. The third kappa shape index (κ3) is 9.43. The fourth-order valence-electron chi connectivity index (χ4n) is 3.46. The van der Waals surface area contributed by atoms with Crippen LogP contribution >= 0.6 is 0 Å². The number of nitrogens with one attached hydrogen (secondary N) is 1. The van der Waals surface area contributed by atoms with Crippen molar-refractivity contribution in [2.45, 2.75) is 33.2 Å². The molecule has 0 radical (unpaired) electrons. The molecule has 172 valence electrons. The molecule has 0 fully saturated rings. The first-order chi connectivity index (χ1) is 13.8. The van der Waals surface area contributed by atoms with Crippen LogP contribution in [0.4, 0.5) is 0 Å². The van der Waals surface area contributed by atoms with Gasteiger partial charge in [-0.25, -0.2) is 0 Å². The molecule has 0 spiro atoms. The van der Waals surface area contributed by atoms with Gasteiger partial charge in [0, 0.05) is 0 Å². The second-order valence-corrected chi connectivity index (χ2v) is 8.38. The van der Waals surface area contributed by atoms with E-state index in [1.54, 1.807) is 0 Å². The van der Waals surface area contributed by atoms with Crippen LogP contribution in [0.5, 0.6) is 0 Å². The van der Waals surface area contributed by atoms with E-state index < -0.39 is 0 Å². The van der Waals surface area contributed by atoms with E-state index in [1.165, 1.54) is 33.4 Å². The molecule has 1 N–H and O–H groups in total. The average molecular weight is 490 g/mol. The van der Waals surface area contributed by atoms with Gasteiger partial charge in [0.25, 0.3) is 0 Å². The summed E-state index contributed by atoms with van der Waals surface area (Å²) in [5.74, 6) is 0.276. The van der Waals surface area contributed by atoms with Crippen molar-refractivity contribution in [3.8, 4) is 0 Å². The minimum absolute atomic E-state index is 0. The van der Waals surface area contributed by atoms with Gasteiger partial charge in [-0.2, -0.15) is 11.6 Å². The van der Waals surface area contributed by atoms with Gasteiger partial charge in [0.1, 0.15) is 0 Å². The Morgan fingerprint density at radius 2 is 1.00 bits per heavy atom. The van der Waals surface area contributed by atoms with E-state index in [0.717, 1.165) is 0 Å². The van der Waals surface area contributed by atoms with Gasteiger partial charge >= 0.3 is 21.7 Å². The molecule has 0 saturated carbocycles. The molecule has 0 aliphatic heterocycles. The fraction of sp³-hybridized carbons (Fsp3) is 0.200. The van der Waals surface area contributed by atoms with E-state index in [0.29, 0.717) is 0 Å². The van der Waals surface area contributed by atoms with E-state index in [4.69, 9.17) is 5.73 Å². The van der Waals surface area contributed by atoms with E-state index in [9.17, 15) is 0 Å². The number of hydrogen-bond acceptors (Lipinski definition) is 0. The van der Waals surface area contributed by atoms with Crippen molar-refractivity contribution < 1.29 is 21.7 Å². The molecule has 3 aromatic rings. The summed E-state index contributed by atoms with van der Waals surface area (Å²) in [5.41, 5.74) is 14.3. The Labute approximate surface area is 222 Å². The molecule has 0 amide bonds. The molecule has 0 aromatic heterocycles. The van der Waals surface area contributed by atoms with Crippen LogP contribution in [0.3, 0.4) is 0 Å². The van der Waals surface area contributed by atoms with Crippen molar-refractivity contribution in [1.82, 2.24) is 0 Å². The van der Waals surface area contributed by atoms with Crippen LogP contribution in [-0.2, 0) is 21.7 Å². The van der Waals surface area contributed by atoms with Crippen LogP contribution in [-0.4, -0.2) is 16.5 Å². The van der Waals surface area contributed by atoms with Crippen molar-refractivity contribution in [2.75, 3.05) is 0 Å². The minimum Gasteiger partial charge on any atom is -0.673 e. The molecule has 0 heterocycles. The predicted octanol–water partition coefficient (Wildman–Crippen LogP) is 7.42. The molecule has 4 rings (SSSR count). The van der Waals surface area contributed by atoms with Gasteiger partial charge in [-0.15, -0.1) is 28.8 Å². The Kier molecular flexibility index (Phi) is 15.1. The van der Waals surface area contributed by atoms with Crippen molar-refractivity contribution in [2.24, 2.45) is 5.92 Å². The Bertz CT molecular complexity index is 982. The smallest absolute Gasteiger partial charge is 0.673 e. The van der Waals surface area contributed by atoms with Gasteiger partial charge in [0.15, 0.2) is 0 Å². The Balaban J connectivity index is 0. The summed E-state index contributed by atoms with van der Waals surface area (Å²) >= 11 is 0. The van der Waals surface area contributed by atoms with Crippen LogP contribution in [0.15, 0.2) is 91.0 Å². The Morgan fingerprint density at radius 3 is 1.39 bits per heavy atom. The Morgan fingerprint density at radius 1 is 0.667 bits per heavy atom. The summed E-state index contributed by atoms with van der Waals surface area (Å²) in [5, 5.41) is 0. The first-order valence-electron chi connectivity index (χ1n) is 10.1. The molecular weight excluding hydrogens is 450 g/mol. The maximum absolute atomic E-state index is 6.94. The van der Waals surface area contributed by atoms with Gasteiger partial charge in [-0.05, 0) is 16.5 Å². The molecule has 0 saturated heterocycles. The monoisotopic (exact) mass is 489 g/mol. The topological polar surface area (TPSA) is 23.8 Å². The molecule has 1 aliphatic rings. The molecule has 33 heavy (non-hydrogen) atoms. The van der Waals surface area contributed by atoms with Crippen molar-refractivity contribution in [3.05, 3.63) is 134 Å². The predicted molar refractivity (Wildman–Crippen MR) is 150 cm³/mol. The van der Waals surface area contributed by atoms with Crippen LogP contribution in [0, 0.1) is 26.8 Å². The first-order valence-corrected chi connectivity index (χ1v) is 10.1.